The minimum Gasteiger partial charge on any atom is -0.480 e. The second-order valence-corrected chi connectivity index (χ2v) is 9.96. The number of nitrogens with one attached hydrogen (secondary N) is 3. The number of aliphatic imine (C=N–C) groups is 2. The number of aliphatic carboxylic acids is 1. The third-order valence-electron chi connectivity index (χ3n) is 5.36. The van der Waals surface area contributed by atoms with Gasteiger partial charge in [0.2, 0.25) is 17.7 Å². The molecule has 0 aliphatic heterocycles. The van der Waals surface area contributed by atoms with Gasteiger partial charge in [-0.05, 0) is 50.0 Å². The van der Waals surface area contributed by atoms with E-state index in [2.05, 4.69) is 25.9 Å². The van der Waals surface area contributed by atoms with Crippen molar-refractivity contribution >= 4 is 47.4 Å². The van der Waals surface area contributed by atoms with Crippen LogP contribution in [0.1, 0.15) is 46.0 Å². The number of carbonyl (C=O) groups is 4. The molecule has 218 valence electrons. The molecule has 0 heterocycles. The van der Waals surface area contributed by atoms with E-state index in [1.165, 1.54) is 11.8 Å². The SMILES string of the molecule is CSCCC(NC(=O)C(N)CCCN=C(N)N)C(=O)NC(CCCN=C(N)N)C(=O)NC(C(=O)O)C(C)C. The third-order valence-corrected chi connectivity index (χ3v) is 6.00. The van der Waals surface area contributed by atoms with Crippen molar-refractivity contribution in [3.05, 3.63) is 0 Å². The van der Waals surface area contributed by atoms with Gasteiger partial charge in [0.25, 0.3) is 0 Å². The van der Waals surface area contributed by atoms with E-state index in [-0.39, 0.29) is 31.3 Å². The average Bonchev–Trinajstić information content (AvgIpc) is 2.83. The zero-order valence-corrected chi connectivity index (χ0v) is 23.1. The number of carbonyl (C=O) groups excluding carboxylic acids is 3. The van der Waals surface area contributed by atoms with Crippen LogP contribution in [0.5, 0.6) is 0 Å². The zero-order chi connectivity index (χ0) is 29.3. The fourth-order valence-corrected chi connectivity index (χ4v) is 3.72. The zero-order valence-electron chi connectivity index (χ0n) is 22.3. The monoisotopic (exact) mass is 560 g/mol. The summed E-state index contributed by atoms with van der Waals surface area (Å²) >= 11 is 1.48. The van der Waals surface area contributed by atoms with Gasteiger partial charge in [-0.3, -0.25) is 24.4 Å². The Hall–Kier alpha value is -3.27. The van der Waals surface area contributed by atoms with Crippen LogP contribution in [0.3, 0.4) is 0 Å². The first kappa shape index (κ1) is 34.7. The van der Waals surface area contributed by atoms with E-state index in [1.54, 1.807) is 13.8 Å². The molecule has 14 N–H and O–H groups in total. The third kappa shape index (κ3) is 15.1. The van der Waals surface area contributed by atoms with Crippen molar-refractivity contribution < 1.29 is 24.3 Å². The highest BCUT2D eigenvalue weighted by Gasteiger charge is 2.31. The van der Waals surface area contributed by atoms with Gasteiger partial charge in [0.1, 0.15) is 18.1 Å². The van der Waals surface area contributed by atoms with Gasteiger partial charge in [0.15, 0.2) is 11.9 Å². The first-order valence-electron chi connectivity index (χ1n) is 12.3. The van der Waals surface area contributed by atoms with Crippen molar-refractivity contribution in [2.24, 2.45) is 44.6 Å². The summed E-state index contributed by atoms with van der Waals surface area (Å²) in [6.45, 7) is 3.82. The Kier molecular flexibility index (Phi) is 17.3. The number of guanidine groups is 2. The number of carboxylic acid groups (broad SMARTS) is 1. The molecule has 0 rings (SSSR count). The van der Waals surface area contributed by atoms with E-state index >= 15 is 0 Å². The summed E-state index contributed by atoms with van der Waals surface area (Å²) in [4.78, 5) is 58.1. The summed E-state index contributed by atoms with van der Waals surface area (Å²) in [6, 6.07) is -4.09. The van der Waals surface area contributed by atoms with Crippen molar-refractivity contribution in [3.8, 4) is 0 Å². The van der Waals surface area contributed by atoms with Crippen molar-refractivity contribution in [3.63, 3.8) is 0 Å². The molecule has 16 heteroatoms. The fourth-order valence-electron chi connectivity index (χ4n) is 3.25. The summed E-state index contributed by atoms with van der Waals surface area (Å²) in [5.74, 6) is -3.01. The maximum Gasteiger partial charge on any atom is 0.326 e. The lowest BCUT2D eigenvalue weighted by Crippen LogP contribution is -2.57. The Morgan fingerprint density at radius 3 is 1.74 bits per heavy atom. The first-order chi connectivity index (χ1) is 17.8. The second-order valence-electron chi connectivity index (χ2n) is 8.98. The number of nitrogens with two attached hydrogens (primary N) is 5. The highest BCUT2D eigenvalue weighted by molar-refractivity contribution is 7.98. The molecular formula is C22H44N10O5S. The van der Waals surface area contributed by atoms with Crippen LogP contribution in [-0.2, 0) is 19.2 Å². The van der Waals surface area contributed by atoms with Gasteiger partial charge in [-0.15, -0.1) is 0 Å². The smallest absolute Gasteiger partial charge is 0.326 e. The first-order valence-corrected chi connectivity index (χ1v) is 13.7. The maximum atomic E-state index is 13.2. The van der Waals surface area contributed by atoms with Gasteiger partial charge in [-0.25, -0.2) is 4.79 Å². The predicted octanol–water partition coefficient (Wildman–Crippen LogP) is -2.63. The van der Waals surface area contributed by atoms with Crippen LogP contribution in [-0.4, -0.2) is 90.0 Å². The number of thioether (sulfide) groups is 1. The topological polar surface area (TPSA) is 279 Å². The quantitative estimate of drug-likeness (QED) is 0.0447. The highest BCUT2D eigenvalue weighted by atomic mass is 32.2. The number of hydrogen-bond donors (Lipinski definition) is 9. The Balaban J connectivity index is 5.50. The summed E-state index contributed by atoms with van der Waals surface area (Å²) in [5, 5.41) is 17.2. The molecule has 4 unspecified atom stereocenters. The van der Waals surface area contributed by atoms with E-state index in [1.807, 2.05) is 6.26 Å². The molecule has 0 aromatic heterocycles. The van der Waals surface area contributed by atoms with Crippen molar-refractivity contribution in [2.45, 2.75) is 70.1 Å². The minimum atomic E-state index is -1.20. The summed E-state index contributed by atoms with van der Waals surface area (Å²) in [5.41, 5.74) is 27.2. The van der Waals surface area contributed by atoms with Gasteiger partial charge < -0.3 is 49.7 Å². The van der Waals surface area contributed by atoms with E-state index in [0.717, 1.165) is 0 Å². The molecule has 3 amide bonds. The van der Waals surface area contributed by atoms with E-state index < -0.39 is 53.8 Å². The Labute approximate surface area is 227 Å². The summed E-state index contributed by atoms with van der Waals surface area (Å²) in [7, 11) is 0. The highest BCUT2D eigenvalue weighted by Crippen LogP contribution is 2.08. The van der Waals surface area contributed by atoms with Crippen LogP contribution in [0.2, 0.25) is 0 Å². The molecule has 0 aliphatic carbocycles. The molecule has 0 radical (unpaired) electrons. The van der Waals surface area contributed by atoms with Crippen LogP contribution in [0.15, 0.2) is 9.98 Å². The van der Waals surface area contributed by atoms with Crippen LogP contribution in [0.4, 0.5) is 0 Å². The molecule has 0 aromatic carbocycles. The lowest BCUT2D eigenvalue weighted by Gasteiger charge is -2.26. The molecular weight excluding hydrogens is 516 g/mol. The van der Waals surface area contributed by atoms with Crippen LogP contribution < -0.4 is 44.6 Å². The van der Waals surface area contributed by atoms with E-state index in [9.17, 15) is 24.3 Å². The molecule has 0 saturated carbocycles. The normalized spacial score (nSPS) is 13.9. The standard InChI is InChI=1S/C22H44N10O5S/c1-12(2)16(20(36)37)32-19(35)14(7-5-10-29-22(26)27)31-18(34)15(8-11-38-3)30-17(33)13(23)6-4-9-28-21(24)25/h12-16H,4-11,23H2,1-3H3,(H,30,33)(H,31,34)(H,32,35)(H,36,37)(H4,24,25,28)(H4,26,27,29). The Morgan fingerprint density at radius 2 is 1.26 bits per heavy atom. The number of carboxylic acids is 1. The number of amides is 3. The van der Waals surface area contributed by atoms with Gasteiger partial charge in [-0.2, -0.15) is 11.8 Å². The molecule has 4 atom stereocenters. The van der Waals surface area contributed by atoms with Crippen LogP contribution in [0.25, 0.3) is 0 Å². The maximum absolute atomic E-state index is 13.2. The molecule has 0 spiro atoms. The lowest BCUT2D eigenvalue weighted by atomic mass is 10.0. The minimum absolute atomic E-state index is 0.0585. The largest absolute Gasteiger partial charge is 0.480 e. The Bertz CT molecular complexity index is 831. The van der Waals surface area contributed by atoms with Crippen LogP contribution in [0, 0.1) is 5.92 Å². The molecule has 0 aliphatic rings. The van der Waals surface area contributed by atoms with Crippen molar-refractivity contribution in [2.75, 3.05) is 25.1 Å². The van der Waals surface area contributed by atoms with Crippen LogP contribution >= 0.6 is 11.8 Å². The van der Waals surface area contributed by atoms with Gasteiger partial charge in [0.05, 0.1) is 6.04 Å². The molecule has 0 aromatic rings. The van der Waals surface area contributed by atoms with Crippen molar-refractivity contribution in [1.29, 1.82) is 0 Å². The Morgan fingerprint density at radius 1 is 0.789 bits per heavy atom. The molecule has 0 bridgehead atoms. The van der Waals surface area contributed by atoms with E-state index in [0.29, 0.717) is 31.6 Å². The van der Waals surface area contributed by atoms with E-state index in [4.69, 9.17) is 28.7 Å². The number of hydrogen-bond acceptors (Lipinski definition) is 8. The molecule has 38 heavy (non-hydrogen) atoms. The average molecular weight is 561 g/mol. The summed E-state index contributed by atoms with van der Waals surface area (Å²) in [6.07, 6.45) is 3.36. The second kappa shape index (κ2) is 18.9. The predicted molar refractivity (Wildman–Crippen MR) is 149 cm³/mol. The fraction of sp³-hybridized carbons (Fsp3) is 0.727. The molecule has 0 fully saturated rings. The van der Waals surface area contributed by atoms with Gasteiger partial charge in [-0.1, -0.05) is 13.8 Å². The van der Waals surface area contributed by atoms with Crippen molar-refractivity contribution in [1.82, 2.24) is 16.0 Å². The lowest BCUT2D eigenvalue weighted by molar-refractivity contribution is -0.143. The molecule has 15 nitrogen and oxygen atoms in total. The number of nitrogens with zero attached hydrogens (tertiary/aromatic N) is 2. The summed E-state index contributed by atoms with van der Waals surface area (Å²) < 4.78 is 0. The number of rotatable bonds is 19. The van der Waals surface area contributed by atoms with Gasteiger partial charge in [0, 0.05) is 13.1 Å². The van der Waals surface area contributed by atoms with Gasteiger partial charge >= 0.3 is 5.97 Å². The molecule has 0 saturated heterocycles.